The zero-order valence-corrected chi connectivity index (χ0v) is 22.6. The highest BCUT2D eigenvalue weighted by molar-refractivity contribution is 7.22. The number of aliphatic hydroxyl groups is 1. The second-order valence-electron chi connectivity index (χ2n) is 9.05. The van der Waals surface area contributed by atoms with Crippen LogP contribution in [0.1, 0.15) is 27.7 Å². The number of aromatic nitrogens is 1. The molecule has 1 aliphatic heterocycles. The fourth-order valence-corrected chi connectivity index (χ4v) is 6.05. The van der Waals surface area contributed by atoms with Crippen molar-refractivity contribution in [2.45, 2.75) is 13.0 Å². The molecule has 3 aromatic carbocycles. The first-order valence-corrected chi connectivity index (χ1v) is 13.1. The monoisotopic (exact) mass is 560 g/mol. The molecule has 1 amide bonds. The van der Waals surface area contributed by atoms with E-state index in [4.69, 9.17) is 25.5 Å². The normalized spacial score (nSPS) is 15.5. The van der Waals surface area contributed by atoms with Gasteiger partial charge in [-0.3, -0.25) is 14.5 Å². The minimum Gasteiger partial charge on any atom is -0.503 e. The lowest BCUT2D eigenvalue weighted by atomic mass is 9.95. The number of hydrogen-bond acceptors (Lipinski definition) is 8. The summed E-state index contributed by atoms with van der Waals surface area (Å²) in [6.45, 7) is 1.97. The van der Waals surface area contributed by atoms with Crippen LogP contribution in [-0.4, -0.2) is 36.0 Å². The van der Waals surface area contributed by atoms with Crippen LogP contribution in [0.4, 0.5) is 5.13 Å². The number of ketones is 1. The quantitative estimate of drug-likeness (QED) is 0.228. The standard InChI is InChI=1S/C29H21ClN2O6S/c1-14-4-9-19-22(10-14)39-29(31-19)32-24(15-5-7-18(36-2)8-6-15)23(26(34)28(32)35)25(33)20-12-16-11-17(30)13-21(37-3)27(16)38-20/h4-13,24,34H,1-3H3. The average Bonchev–Trinajstić information content (AvgIpc) is 3.61. The number of thiazole rings is 1. The van der Waals surface area contributed by atoms with Crippen LogP contribution in [0.5, 0.6) is 11.5 Å². The highest BCUT2D eigenvalue weighted by Gasteiger charge is 2.46. The van der Waals surface area contributed by atoms with Crippen molar-refractivity contribution in [1.29, 1.82) is 0 Å². The number of hydrogen-bond donors (Lipinski definition) is 1. The maximum absolute atomic E-state index is 14.0. The van der Waals surface area contributed by atoms with Crippen LogP contribution in [-0.2, 0) is 4.79 Å². The minimum atomic E-state index is -0.962. The van der Waals surface area contributed by atoms with Crippen molar-refractivity contribution < 1.29 is 28.6 Å². The first-order valence-electron chi connectivity index (χ1n) is 11.9. The number of aryl methyl sites for hydroxylation is 1. The Morgan fingerprint density at radius 3 is 2.56 bits per heavy atom. The highest BCUT2D eigenvalue weighted by Crippen LogP contribution is 2.45. The van der Waals surface area contributed by atoms with Gasteiger partial charge in [-0.25, -0.2) is 4.98 Å². The van der Waals surface area contributed by atoms with Crippen LogP contribution in [0.3, 0.4) is 0 Å². The first-order chi connectivity index (χ1) is 18.8. The Hall–Kier alpha value is -4.34. The molecule has 0 spiro atoms. The molecule has 196 valence electrons. The topological polar surface area (TPSA) is 102 Å². The van der Waals surface area contributed by atoms with Crippen LogP contribution in [0.25, 0.3) is 21.2 Å². The summed E-state index contributed by atoms with van der Waals surface area (Å²) in [6.07, 6.45) is 0. The Morgan fingerprint density at radius 1 is 1.08 bits per heavy atom. The summed E-state index contributed by atoms with van der Waals surface area (Å²) in [5.74, 6) is -1.15. The fraction of sp³-hybridized carbons (Fsp3) is 0.138. The zero-order chi connectivity index (χ0) is 27.4. The van der Waals surface area contributed by atoms with E-state index >= 15 is 0 Å². The number of Topliss-reactive ketones (excluding diaryl/α,β-unsaturated/α-hetero) is 1. The van der Waals surface area contributed by atoms with E-state index in [9.17, 15) is 14.7 Å². The van der Waals surface area contributed by atoms with E-state index in [2.05, 4.69) is 4.98 Å². The number of amides is 1. The van der Waals surface area contributed by atoms with Crippen molar-refractivity contribution in [1.82, 2.24) is 4.98 Å². The van der Waals surface area contributed by atoms with Crippen molar-refractivity contribution in [2.24, 2.45) is 0 Å². The number of fused-ring (bicyclic) bond motifs is 2. The first kappa shape index (κ1) is 25.0. The molecule has 39 heavy (non-hydrogen) atoms. The molecule has 1 aliphatic rings. The van der Waals surface area contributed by atoms with E-state index in [-0.39, 0.29) is 11.3 Å². The number of carbonyl (C=O) groups excluding carboxylic acids is 2. The number of methoxy groups -OCH3 is 2. The number of benzene rings is 3. The second-order valence-corrected chi connectivity index (χ2v) is 10.5. The van der Waals surface area contributed by atoms with E-state index < -0.39 is 23.5 Å². The number of furan rings is 1. The Bertz CT molecular complexity index is 1820. The molecule has 5 aromatic rings. The lowest BCUT2D eigenvalue weighted by Gasteiger charge is -2.24. The van der Waals surface area contributed by atoms with Gasteiger partial charge in [0, 0.05) is 16.5 Å². The van der Waals surface area contributed by atoms with E-state index in [1.807, 2.05) is 25.1 Å². The number of ether oxygens (including phenoxy) is 2. The minimum absolute atomic E-state index is 0.0693. The van der Waals surface area contributed by atoms with Gasteiger partial charge in [-0.1, -0.05) is 41.1 Å². The lowest BCUT2D eigenvalue weighted by molar-refractivity contribution is -0.117. The van der Waals surface area contributed by atoms with Crippen molar-refractivity contribution in [3.8, 4) is 11.5 Å². The summed E-state index contributed by atoms with van der Waals surface area (Å²) in [5, 5.41) is 12.4. The predicted molar refractivity (Wildman–Crippen MR) is 149 cm³/mol. The molecule has 0 saturated heterocycles. The van der Waals surface area contributed by atoms with Crippen LogP contribution in [0, 0.1) is 6.92 Å². The molecule has 0 radical (unpaired) electrons. The van der Waals surface area contributed by atoms with Gasteiger partial charge in [0.1, 0.15) is 5.75 Å². The Kier molecular flexibility index (Phi) is 6.05. The Morgan fingerprint density at radius 2 is 1.85 bits per heavy atom. The molecule has 1 atom stereocenters. The third-order valence-corrected chi connectivity index (χ3v) is 7.85. The number of nitrogens with zero attached hydrogens (tertiary/aromatic N) is 2. The molecule has 1 unspecified atom stereocenters. The van der Waals surface area contributed by atoms with Gasteiger partial charge in [-0.15, -0.1) is 0 Å². The maximum atomic E-state index is 14.0. The van der Waals surface area contributed by atoms with E-state index in [0.717, 1.165) is 10.3 Å². The van der Waals surface area contributed by atoms with Gasteiger partial charge < -0.3 is 19.0 Å². The highest BCUT2D eigenvalue weighted by atomic mass is 35.5. The number of aliphatic hydroxyl groups excluding tert-OH is 1. The van der Waals surface area contributed by atoms with Gasteiger partial charge in [-0.05, 0) is 54.4 Å². The Balaban J connectivity index is 1.51. The van der Waals surface area contributed by atoms with Crippen molar-refractivity contribution >= 4 is 60.9 Å². The van der Waals surface area contributed by atoms with Crippen molar-refractivity contribution in [2.75, 3.05) is 19.1 Å². The molecule has 0 aliphatic carbocycles. The predicted octanol–water partition coefficient (Wildman–Crippen LogP) is 6.80. The summed E-state index contributed by atoms with van der Waals surface area (Å²) in [7, 11) is 3.02. The van der Waals surface area contributed by atoms with Crippen molar-refractivity contribution in [3.63, 3.8) is 0 Å². The molecule has 0 fully saturated rings. The van der Waals surface area contributed by atoms with E-state index in [0.29, 0.717) is 43.7 Å². The number of anilines is 1. The van der Waals surface area contributed by atoms with E-state index in [1.165, 1.54) is 29.4 Å². The van der Waals surface area contributed by atoms with Gasteiger partial charge in [0.05, 0.1) is 36.1 Å². The summed E-state index contributed by atoms with van der Waals surface area (Å²) in [4.78, 5) is 33.5. The SMILES string of the molecule is COc1ccc(C2C(C(=O)c3cc4cc(Cl)cc(OC)c4o3)=C(O)C(=O)N2c2nc3ccc(C)cc3s2)cc1. The van der Waals surface area contributed by atoms with Crippen LogP contribution < -0.4 is 14.4 Å². The zero-order valence-electron chi connectivity index (χ0n) is 21.0. The number of halogens is 1. The van der Waals surface area contributed by atoms with E-state index in [1.54, 1.807) is 43.5 Å². The molecular formula is C29H21ClN2O6S. The molecule has 0 saturated carbocycles. The third-order valence-electron chi connectivity index (χ3n) is 6.61. The molecule has 6 rings (SSSR count). The van der Waals surface area contributed by atoms with Gasteiger partial charge in [-0.2, -0.15) is 0 Å². The van der Waals surface area contributed by atoms with Crippen molar-refractivity contribution in [3.05, 3.63) is 93.9 Å². The molecule has 2 aromatic heterocycles. The van der Waals surface area contributed by atoms with Gasteiger partial charge in [0.25, 0.3) is 5.91 Å². The molecule has 1 N–H and O–H groups in total. The van der Waals surface area contributed by atoms with Crippen LogP contribution >= 0.6 is 22.9 Å². The van der Waals surface area contributed by atoms with Gasteiger partial charge in [0.15, 0.2) is 28.0 Å². The van der Waals surface area contributed by atoms with Crippen LogP contribution in [0.2, 0.25) is 5.02 Å². The molecule has 3 heterocycles. The third kappa shape index (κ3) is 4.10. The fourth-order valence-electron chi connectivity index (χ4n) is 4.74. The molecular weight excluding hydrogens is 540 g/mol. The number of carbonyl (C=O) groups is 2. The number of rotatable bonds is 6. The maximum Gasteiger partial charge on any atom is 0.296 e. The second kappa shape index (κ2) is 9.44. The van der Waals surface area contributed by atoms with Crippen LogP contribution in [0.15, 0.2) is 76.4 Å². The smallest absolute Gasteiger partial charge is 0.296 e. The largest absolute Gasteiger partial charge is 0.503 e. The molecule has 8 nitrogen and oxygen atoms in total. The summed E-state index contributed by atoms with van der Waals surface area (Å²) in [6, 6.07) is 16.5. The van der Waals surface area contributed by atoms with Gasteiger partial charge >= 0.3 is 0 Å². The molecule has 10 heteroatoms. The molecule has 0 bridgehead atoms. The average molecular weight is 561 g/mol. The Labute approximate surface area is 231 Å². The lowest BCUT2D eigenvalue weighted by Crippen LogP contribution is -2.30. The summed E-state index contributed by atoms with van der Waals surface area (Å²) >= 11 is 7.50. The summed E-state index contributed by atoms with van der Waals surface area (Å²) < 4.78 is 17.4. The van der Waals surface area contributed by atoms with Gasteiger partial charge in [0.2, 0.25) is 5.78 Å². The summed E-state index contributed by atoms with van der Waals surface area (Å²) in [5.41, 5.74) is 2.55.